The lowest BCUT2D eigenvalue weighted by molar-refractivity contribution is -0.116. The minimum Gasteiger partial charge on any atom is -0.394 e. The number of carbonyl (C=O) groups is 1. The van der Waals surface area contributed by atoms with E-state index in [1.165, 1.54) is 4.90 Å². The molecule has 0 aliphatic carbocycles. The van der Waals surface area contributed by atoms with Crippen LogP contribution in [0.2, 0.25) is 5.02 Å². The molecule has 0 radical (unpaired) electrons. The van der Waals surface area contributed by atoms with Crippen LogP contribution in [0.25, 0.3) is 0 Å². The molecule has 1 rings (SSSR count). The summed E-state index contributed by atoms with van der Waals surface area (Å²) in [6.45, 7) is 9.14. The Hall–Kier alpha value is -2.38. The van der Waals surface area contributed by atoms with Crippen molar-refractivity contribution in [2.24, 2.45) is 4.99 Å². The number of nitrogens with zero attached hydrogens (tertiary/aromatic N) is 2. The zero-order chi connectivity index (χ0) is 20.6. The van der Waals surface area contributed by atoms with Crippen LogP contribution in [-0.4, -0.2) is 53.4 Å². The van der Waals surface area contributed by atoms with Crippen LogP contribution in [-0.2, 0) is 4.79 Å². The molecule has 0 heterocycles. The van der Waals surface area contributed by atoms with Gasteiger partial charge in [0.1, 0.15) is 12.0 Å². The SMILES string of the molecule is C=CC(=NC(C)N(C)C(=N)C(=O)N[C@H](CO)c1cccc(Cl)c1)NC(C)C. The summed E-state index contributed by atoms with van der Waals surface area (Å²) < 4.78 is 0. The second-order valence-electron chi connectivity index (χ2n) is 6.37. The molecule has 1 aromatic carbocycles. The molecule has 1 amide bonds. The van der Waals surface area contributed by atoms with E-state index in [0.717, 1.165) is 0 Å². The summed E-state index contributed by atoms with van der Waals surface area (Å²) in [5, 5.41) is 24.0. The first-order valence-electron chi connectivity index (χ1n) is 8.64. The van der Waals surface area contributed by atoms with Crippen LogP contribution in [0.4, 0.5) is 0 Å². The molecule has 4 N–H and O–H groups in total. The van der Waals surface area contributed by atoms with E-state index in [2.05, 4.69) is 22.2 Å². The van der Waals surface area contributed by atoms with Crippen LogP contribution < -0.4 is 10.6 Å². The summed E-state index contributed by atoms with van der Waals surface area (Å²) in [4.78, 5) is 18.3. The van der Waals surface area contributed by atoms with E-state index in [-0.39, 0.29) is 18.5 Å². The average Bonchev–Trinajstić information content (AvgIpc) is 2.63. The molecule has 0 fully saturated rings. The molecule has 0 bridgehead atoms. The average molecular weight is 394 g/mol. The monoisotopic (exact) mass is 393 g/mol. The molecule has 0 aliphatic heterocycles. The largest absolute Gasteiger partial charge is 0.394 e. The lowest BCUT2D eigenvalue weighted by atomic mass is 10.1. The van der Waals surface area contributed by atoms with Gasteiger partial charge in [-0.15, -0.1) is 0 Å². The number of aliphatic hydroxyl groups is 1. The quantitative estimate of drug-likeness (QED) is 0.422. The van der Waals surface area contributed by atoms with Gasteiger partial charge in [-0.05, 0) is 44.5 Å². The maximum Gasteiger partial charge on any atom is 0.286 e. The van der Waals surface area contributed by atoms with E-state index in [4.69, 9.17) is 17.0 Å². The first-order chi connectivity index (χ1) is 12.7. The Morgan fingerprint density at radius 3 is 2.59 bits per heavy atom. The second kappa shape index (κ2) is 10.7. The van der Waals surface area contributed by atoms with Crippen LogP contribution in [0.1, 0.15) is 32.4 Å². The maximum atomic E-state index is 12.4. The molecule has 148 valence electrons. The fraction of sp³-hybridized carbons (Fsp3) is 0.421. The standard InChI is InChI=1S/C19H28ClN5O2/c1-6-17(22-12(2)3)23-13(4)25(5)18(21)19(27)24-16(11-26)14-8-7-9-15(20)10-14/h6-10,12-13,16,21,26H,1,11H2,2-5H3,(H,22,23)(H,24,27)/t13?,16-/m1/s1. The normalized spacial score (nSPS) is 13.7. The lowest BCUT2D eigenvalue weighted by Crippen LogP contribution is -2.46. The highest BCUT2D eigenvalue weighted by molar-refractivity contribution is 6.36. The predicted molar refractivity (Wildman–Crippen MR) is 110 cm³/mol. The van der Waals surface area contributed by atoms with E-state index in [0.29, 0.717) is 16.4 Å². The van der Waals surface area contributed by atoms with Crippen molar-refractivity contribution in [2.75, 3.05) is 13.7 Å². The van der Waals surface area contributed by atoms with E-state index < -0.39 is 18.1 Å². The number of aliphatic hydroxyl groups excluding tert-OH is 1. The maximum absolute atomic E-state index is 12.4. The molecule has 8 heteroatoms. The number of rotatable bonds is 7. The van der Waals surface area contributed by atoms with Crippen molar-refractivity contribution in [3.8, 4) is 0 Å². The predicted octanol–water partition coefficient (Wildman–Crippen LogP) is 2.33. The summed E-state index contributed by atoms with van der Waals surface area (Å²) >= 11 is 5.96. The van der Waals surface area contributed by atoms with Gasteiger partial charge in [-0.25, -0.2) is 4.99 Å². The van der Waals surface area contributed by atoms with E-state index in [9.17, 15) is 9.90 Å². The van der Waals surface area contributed by atoms with Crippen LogP contribution >= 0.6 is 11.6 Å². The minimum absolute atomic E-state index is 0.185. The fourth-order valence-corrected chi connectivity index (χ4v) is 2.46. The topological polar surface area (TPSA) is 101 Å². The van der Waals surface area contributed by atoms with Crippen molar-refractivity contribution in [3.05, 3.63) is 47.5 Å². The third kappa shape index (κ3) is 7.03. The van der Waals surface area contributed by atoms with Crippen LogP contribution in [0.15, 0.2) is 41.9 Å². The zero-order valence-electron chi connectivity index (χ0n) is 16.2. The van der Waals surface area contributed by atoms with Crippen LogP contribution in [0, 0.1) is 5.41 Å². The Bertz CT molecular complexity index is 705. The van der Waals surface area contributed by atoms with Gasteiger partial charge in [0.05, 0.1) is 12.6 Å². The number of likely N-dealkylation sites (N-methyl/N-ethyl adjacent to an activating group) is 1. The van der Waals surface area contributed by atoms with Crippen molar-refractivity contribution in [1.82, 2.24) is 15.5 Å². The molecule has 0 aromatic heterocycles. The molecule has 0 saturated carbocycles. The number of benzene rings is 1. The summed E-state index contributed by atoms with van der Waals surface area (Å²) in [6, 6.07) is 6.39. The van der Waals surface area contributed by atoms with Gasteiger partial charge in [0.15, 0.2) is 5.84 Å². The van der Waals surface area contributed by atoms with Crippen LogP contribution in [0.3, 0.4) is 0 Å². The van der Waals surface area contributed by atoms with Gasteiger partial charge in [-0.2, -0.15) is 0 Å². The Kier molecular flexibility index (Phi) is 8.97. The smallest absolute Gasteiger partial charge is 0.286 e. The number of amides is 1. The van der Waals surface area contributed by atoms with Gasteiger partial charge in [-0.3, -0.25) is 10.2 Å². The molecule has 7 nitrogen and oxygen atoms in total. The molecule has 0 aliphatic rings. The van der Waals surface area contributed by atoms with Crippen molar-refractivity contribution < 1.29 is 9.90 Å². The summed E-state index contributed by atoms with van der Waals surface area (Å²) in [5.74, 6) is -0.292. The Morgan fingerprint density at radius 2 is 2.07 bits per heavy atom. The van der Waals surface area contributed by atoms with Crippen molar-refractivity contribution >= 4 is 29.2 Å². The number of carbonyl (C=O) groups excluding carboxylic acids is 1. The second-order valence-corrected chi connectivity index (χ2v) is 6.81. The number of aliphatic imine (C=N–C) groups is 1. The highest BCUT2D eigenvalue weighted by Crippen LogP contribution is 2.17. The molecule has 0 spiro atoms. The van der Waals surface area contributed by atoms with Gasteiger partial charge >= 0.3 is 0 Å². The van der Waals surface area contributed by atoms with Crippen molar-refractivity contribution in [2.45, 2.75) is 39.0 Å². The molecule has 0 saturated heterocycles. The minimum atomic E-state index is -0.657. The third-order valence-electron chi connectivity index (χ3n) is 3.82. The van der Waals surface area contributed by atoms with E-state index in [1.54, 1.807) is 44.3 Å². The lowest BCUT2D eigenvalue weighted by Gasteiger charge is -2.26. The first kappa shape index (κ1) is 22.7. The highest BCUT2D eigenvalue weighted by atomic mass is 35.5. The van der Waals surface area contributed by atoms with Gasteiger partial charge < -0.3 is 20.6 Å². The van der Waals surface area contributed by atoms with E-state index in [1.807, 2.05) is 13.8 Å². The highest BCUT2D eigenvalue weighted by Gasteiger charge is 2.22. The van der Waals surface area contributed by atoms with Crippen molar-refractivity contribution in [1.29, 1.82) is 5.41 Å². The van der Waals surface area contributed by atoms with Gasteiger partial charge in [-0.1, -0.05) is 30.3 Å². The first-order valence-corrected chi connectivity index (χ1v) is 9.02. The summed E-state index contributed by atoms with van der Waals surface area (Å²) in [7, 11) is 1.61. The van der Waals surface area contributed by atoms with Gasteiger partial charge in [0.25, 0.3) is 5.91 Å². The molecular formula is C19H28ClN5O2. The number of halogens is 1. The number of hydrogen-bond donors (Lipinski definition) is 4. The molecule has 1 aromatic rings. The number of amidine groups is 2. The van der Waals surface area contributed by atoms with Crippen molar-refractivity contribution in [3.63, 3.8) is 0 Å². The number of nitrogens with one attached hydrogen (secondary N) is 3. The van der Waals surface area contributed by atoms with Crippen LogP contribution in [0.5, 0.6) is 0 Å². The Balaban J connectivity index is 2.82. The molecular weight excluding hydrogens is 366 g/mol. The number of hydrogen-bond acceptors (Lipinski definition) is 4. The molecule has 1 unspecified atom stereocenters. The third-order valence-corrected chi connectivity index (χ3v) is 4.06. The van der Waals surface area contributed by atoms with Gasteiger partial charge in [0, 0.05) is 18.1 Å². The molecule has 2 atom stereocenters. The Labute approximate surface area is 165 Å². The van der Waals surface area contributed by atoms with Gasteiger partial charge in [0.2, 0.25) is 0 Å². The summed E-state index contributed by atoms with van der Waals surface area (Å²) in [6.07, 6.45) is 1.14. The molecule has 27 heavy (non-hydrogen) atoms. The summed E-state index contributed by atoms with van der Waals surface area (Å²) in [5.41, 5.74) is 0.662. The Morgan fingerprint density at radius 1 is 1.41 bits per heavy atom. The fourth-order valence-electron chi connectivity index (χ4n) is 2.26. The zero-order valence-corrected chi connectivity index (χ0v) is 16.9. The van der Waals surface area contributed by atoms with E-state index >= 15 is 0 Å².